The van der Waals surface area contributed by atoms with Gasteiger partial charge in [0, 0.05) is 67.1 Å². The molecule has 2 aliphatic carbocycles. The lowest BCUT2D eigenvalue weighted by molar-refractivity contribution is -0.386. The Morgan fingerprint density at radius 3 is 2.45 bits per heavy atom. The average molecular weight is 963 g/mol. The molecule has 17 nitrogen and oxygen atoms in total. The SMILES string of the molecule is CC1(C)CCC(CN2CCN(c3ccc(C(=O)NS(=O)(=O)c4ccc(OCC5CCC(OP(=O)(O)O)CC5)c([N+](=O)[O-])c4)c(Oc4cnc5[nH]ccc5c4)c3)CC2)=C(c2ccc(Cl)cc2)C1. The lowest BCUT2D eigenvalue weighted by Gasteiger charge is -2.39. The predicted octanol–water partition coefficient (Wildman–Crippen LogP) is 8.87. The molecule has 3 heterocycles. The summed E-state index contributed by atoms with van der Waals surface area (Å²) >= 11 is 6.24. The second-order valence-corrected chi connectivity index (χ2v) is 21.2. The van der Waals surface area contributed by atoms with Crippen molar-refractivity contribution in [2.45, 2.75) is 69.8 Å². The van der Waals surface area contributed by atoms with Crippen LogP contribution < -0.4 is 19.1 Å². The van der Waals surface area contributed by atoms with Crippen molar-refractivity contribution < 1.29 is 46.5 Å². The number of amides is 1. The number of pyridine rings is 1. The first-order valence-electron chi connectivity index (χ1n) is 21.8. The number of carbonyl (C=O) groups is 1. The Morgan fingerprint density at radius 2 is 1.74 bits per heavy atom. The van der Waals surface area contributed by atoms with Gasteiger partial charge in [0.1, 0.15) is 17.1 Å². The number of H-pyrrole nitrogens is 1. The minimum absolute atomic E-state index is 0.0517. The van der Waals surface area contributed by atoms with Crippen LogP contribution in [0.5, 0.6) is 17.2 Å². The normalized spacial score (nSPS) is 19.4. The molecule has 2 fully saturated rings. The minimum atomic E-state index is -4.66. The molecule has 1 saturated heterocycles. The number of nitro groups is 1. The van der Waals surface area contributed by atoms with Gasteiger partial charge in [0.15, 0.2) is 5.75 Å². The number of allylic oxidation sites excluding steroid dienone is 1. The molecule has 3 aliphatic rings. The van der Waals surface area contributed by atoms with Crippen molar-refractivity contribution in [3.63, 3.8) is 0 Å². The van der Waals surface area contributed by atoms with E-state index in [2.05, 4.69) is 50.5 Å². The van der Waals surface area contributed by atoms with Crippen LogP contribution in [0.3, 0.4) is 0 Å². The number of nitrogens with one attached hydrogen (secondary N) is 2. The summed E-state index contributed by atoms with van der Waals surface area (Å²) in [6.07, 6.45) is 7.51. The number of halogens is 1. The van der Waals surface area contributed by atoms with Crippen molar-refractivity contribution in [3.05, 3.63) is 117 Å². The molecule has 1 saturated carbocycles. The van der Waals surface area contributed by atoms with Crippen LogP contribution in [0.1, 0.15) is 74.7 Å². The maximum Gasteiger partial charge on any atom is 0.469 e. The molecule has 350 valence electrons. The van der Waals surface area contributed by atoms with Crippen LogP contribution in [0.15, 0.2) is 95.7 Å². The lowest BCUT2D eigenvalue weighted by atomic mass is 9.72. The van der Waals surface area contributed by atoms with Crippen LogP contribution in [0, 0.1) is 21.4 Å². The van der Waals surface area contributed by atoms with E-state index >= 15 is 0 Å². The van der Waals surface area contributed by atoms with Crippen molar-refractivity contribution >= 4 is 63.3 Å². The molecule has 5 aromatic rings. The zero-order valence-corrected chi connectivity index (χ0v) is 39.0. The molecule has 66 heavy (non-hydrogen) atoms. The first kappa shape index (κ1) is 47.2. The Hall–Kier alpha value is -5.33. The zero-order chi connectivity index (χ0) is 46.8. The van der Waals surface area contributed by atoms with Crippen molar-refractivity contribution in [1.82, 2.24) is 19.6 Å². The number of anilines is 1. The molecule has 0 bridgehead atoms. The number of carbonyl (C=O) groups excluding carboxylic acids is 1. The molecule has 3 aromatic carbocycles. The molecule has 8 rings (SSSR count). The summed E-state index contributed by atoms with van der Waals surface area (Å²) in [7, 11) is -9.29. The minimum Gasteiger partial charge on any atom is -0.487 e. The molecule has 0 radical (unpaired) electrons. The third-order valence-corrected chi connectivity index (χ3v) is 14.7. The van der Waals surface area contributed by atoms with Gasteiger partial charge in [-0.15, -0.1) is 0 Å². The largest absolute Gasteiger partial charge is 0.487 e. The molecule has 2 aromatic heterocycles. The van der Waals surface area contributed by atoms with E-state index < -0.39 is 45.4 Å². The standard InChI is InChI=1S/C46H52ClN6O11PS/c1-46(2)17-15-33(40(26-46)31-5-7-34(47)8-6-31)28-51-19-21-52(22-20-51)35-9-13-39(43(24-35)63-37-23-32-16-18-48-44(32)49-27-37)45(54)50-66(60,61)38-12-14-42(41(25-38)53(55)56)62-29-30-3-10-36(11-4-30)64-65(57,58)59/h5-9,12-14,16,18,23-25,27,30,36H,3-4,10-11,15,17,19-22,26,28-29H2,1-2H3,(H,48,49)(H,50,54)(H2,57,58,59). The number of phosphoric acid groups is 1. The number of nitrogens with zero attached hydrogens (tertiary/aromatic N) is 4. The molecule has 0 unspecified atom stereocenters. The molecule has 1 amide bonds. The highest BCUT2D eigenvalue weighted by atomic mass is 35.5. The smallest absolute Gasteiger partial charge is 0.469 e. The van der Waals surface area contributed by atoms with Crippen LogP contribution in [0.25, 0.3) is 16.6 Å². The number of aromatic nitrogens is 2. The highest BCUT2D eigenvalue weighted by Gasteiger charge is 2.32. The molecular weight excluding hydrogens is 911 g/mol. The van der Waals surface area contributed by atoms with Gasteiger partial charge in [-0.3, -0.25) is 24.3 Å². The topological polar surface area (TPSA) is 227 Å². The van der Waals surface area contributed by atoms with Crippen molar-refractivity contribution in [3.8, 4) is 17.2 Å². The number of phosphoric ester groups is 1. The number of ether oxygens (including phenoxy) is 2. The summed E-state index contributed by atoms with van der Waals surface area (Å²) in [6.45, 7) is 8.52. The molecule has 1 aliphatic heterocycles. The summed E-state index contributed by atoms with van der Waals surface area (Å²) in [5, 5.41) is 13.6. The number of rotatable bonds is 15. The van der Waals surface area contributed by atoms with Crippen LogP contribution in [-0.4, -0.2) is 89.3 Å². The third-order valence-electron chi connectivity index (χ3n) is 12.6. The Labute approximate surface area is 387 Å². The van der Waals surface area contributed by atoms with Crippen molar-refractivity contribution in [2.24, 2.45) is 11.3 Å². The Bertz CT molecular complexity index is 2800. The fourth-order valence-electron chi connectivity index (χ4n) is 8.95. The van der Waals surface area contributed by atoms with E-state index in [9.17, 15) is 27.9 Å². The van der Waals surface area contributed by atoms with Crippen LogP contribution >= 0.6 is 19.4 Å². The van der Waals surface area contributed by atoms with Crippen LogP contribution in [-0.2, 0) is 19.1 Å². The maximum atomic E-state index is 14.0. The Balaban J connectivity index is 0.973. The fraction of sp³-hybridized carbons (Fsp3) is 0.391. The monoisotopic (exact) mass is 962 g/mol. The first-order valence-corrected chi connectivity index (χ1v) is 25.2. The molecule has 0 atom stereocenters. The van der Waals surface area contributed by atoms with E-state index in [1.807, 2.05) is 18.2 Å². The third kappa shape index (κ3) is 11.6. The van der Waals surface area contributed by atoms with E-state index in [0.717, 1.165) is 68.2 Å². The number of benzene rings is 3. The number of hydrogen-bond acceptors (Lipinski definition) is 12. The summed E-state index contributed by atoms with van der Waals surface area (Å²) in [6, 6.07) is 19.7. The average Bonchev–Trinajstić information content (AvgIpc) is 3.75. The number of aromatic amines is 1. The van der Waals surface area contributed by atoms with Gasteiger partial charge in [-0.2, -0.15) is 0 Å². The Morgan fingerprint density at radius 1 is 1.00 bits per heavy atom. The van der Waals surface area contributed by atoms with Gasteiger partial charge in [-0.05, 0) is 116 Å². The number of nitro benzene ring substituents is 1. The van der Waals surface area contributed by atoms with E-state index in [4.69, 9.17) is 35.4 Å². The number of piperazine rings is 1. The summed E-state index contributed by atoms with van der Waals surface area (Å²) in [5.74, 6) is -0.867. The van der Waals surface area contributed by atoms with Crippen molar-refractivity contribution in [1.29, 1.82) is 0 Å². The highest BCUT2D eigenvalue weighted by molar-refractivity contribution is 7.90. The summed E-state index contributed by atoms with van der Waals surface area (Å²) in [4.78, 5) is 55.1. The lowest BCUT2D eigenvalue weighted by Crippen LogP contribution is -2.47. The number of sulfonamides is 1. The Kier molecular flexibility index (Phi) is 13.9. The summed E-state index contributed by atoms with van der Waals surface area (Å²) in [5.41, 5.74) is 4.95. The summed E-state index contributed by atoms with van der Waals surface area (Å²) < 4.78 is 57.6. The van der Waals surface area contributed by atoms with E-state index in [0.29, 0.717) is 55.2 Å². The second-order valence-electron chi connectivity index (χ2n) is 17.9. The van der Waals surface area contributed by atoms with E-state index in [1.165, 1.54) is 29.0 Å². The van der Waals surface area contributed by atoms with Crippen molar-refractivity contribution in [2.75, 3.05) is 44.2 Å². The molecule has 4 N–H and O–H groups in total. The van der Waals surface area contributed by atoms with Gasteiger partial charge in [-0.25, -0.2) is 22.7 Å². The number of hydrogen-bond donors (Lipinski definition) is 4. The van der Waals surface area contributed by atoms with Crippen LogP contribution in [0.2, 0.25) is 5.02 Å². The van der Waals surface area contributed by atoms with Gasteiger partial charge in [-0.1, -0.05) is 43.2 Å². The fourth-order valence-corrected chi connectivity index (χ4v) is 10.7. The highest BCUT2D eigenvalue weighted by Crippen LogP contribution is 2.44. The van der Waals surface area contributed by atoms with E-state index in [1.54, 1.807) is 24.4 Å². The first-order chi connectivity index (χ1) is 31.4. The van der Waals surface area contributed by atoms with Gasteiger partial charge in [0.05, 0.1) is 34.3 Å². The van der Waals surface area contributed by atoms with E-state index in [-0.39, 0.29) is 35.0 Å². The second kappa shape index (κ2) is 19.5. The van der Waals surface area contributed by atoms with Gasteiger partial charge in [0.2, 0.25) is 0 Å². The quantitative estimate of drug-likeness (QED) is 0.0437. The molecular formula is C46H52ClN6O11PS. The van der Waals surface area contributed by atoms with Gasteiger partial charge < -0.3 is 29.1 Å². The van der Waals surface area contributed by atoms with Gasteiger partial charge in [0.25, 0.3) is 15.9 Å². The predicted molar refractivity (Wildman–Crippen MR) is 249 cm³/mol. The zero-order valence-electron chi connectivity index (χ0n) is 36.5. The molecule has 0 spiro atoms. The maximum absolute atomic E-state index is 14.0. The van der Waals surface area contributed by atoms with Gasteiger partial charge >= 0.3 is 13.5 Å². The number of fused-ring (bicyclic) bond motifs is 1. The van der Waals surface area contributed by atoms with Crippen LogP contribution in [0.4, 0.5) is 11.4 Å². The molecule has 20 heteroatoms.